The van der Waals surface area contributed by atoms with Gasteiger partial charge in [-0.05, 0) is 81.5 Å². The van der Waals surface area contributed by atoms with Crippen molar-refractivity contribution in [1.82, 2.24) is 41.9 Å². The second kappa shape index (κ2) is 26.4. The van der Waals surface area contributed by atoms with Crippen LogP contribution in [0, 0.1) is 11.8 Å². The molecule has 0 aliphatic rings. The Bertz CT molecular complexity index is 1820. The number of H-pyrrole nitrogens is 1. The van der Waals surface area contributed by atoms with Crippen LogP contribution >= 0.6 is 0 Å². The first-order chi connectivity index (χ1) is 29.6. The molecule has 0 fully saturated rings. The number of aromatic amines is 1. The van der Waals surface area contributed by atoms with Gasteiger partial charge in [0.1, 0.15) is 42.0 Å². The van der Waals surface area contributed by atoms with Gasteiger partial charge in [-0.15, -0.1) is 0 Å². The summed E-state index contributed by atoms with van der Waals surface area (Å²) in [6, 6.07) is -3.75. The minimum Gasteiger partial charge on any atom is -0.508 e. The van der Waals surface area contributed by atoms with Crippen molar-refractivity contribution in [2.45, 2.75) is 134 Å². The van der Waals surface area contributed by atoms with E-state index in [9.17, 15) is 58.8 Å². The third kappa shape index (κ3) is 18.8. The number of aliphatic carboxylic acids is 2. The maximum absolute atomic E-state index is 13.9. The molecule has 0 unspecified atom stereocenters. The highest BCUT2D eigenvalue weighted by molar-refractivity contribution is 5.97. The molecule has 0 spiro atoms. The third-order valence-electron chi connectivity index (χ3n) is 9.82. The summed E-state index contributed by atoms with van der Waals surface area (Å²) in [5.41, 5.74) is 12.8. The lowest BCUT2D eigenvalue weighted by atomic mass is 9.99. The van der Waals surface area contributed by atoms with Gasteiger partial charge in [-0.1, -0.05) is 39.8 Å². The molecule has 8 atom stereocenters. The summed E-state index contributed by atoms with van der Waals surface area (Å²) in [5.74, 6) is -8.60. The highest BCUT2D eigenvalue weighted by atomic mass is 16.4. The fourth-order valence-electron chi connectivity index (χ4n) is 6.31. The van der Waals surface area contributed by atoms with Crippen molar-refractivity contribution in [1.29, 1.82) is 0 Å². The zero-order valence-electron chi connectivity index (χ0n) is 36.3. The van der Waals surface area contributed by atoms with E-state index in [0.29, 0.717) is 24.1 Å². The number of hydrogen-bond acceptors (Lipinski definition) is 13. The SMILES string of the molecule is CC(C)C[C@H](NC(=O)[C@H](CCCCN)NC(=O)[C@H](CCC(=O)O)NC(=O)[C@@H](NC(=O)[C@H](Cc1c[nH]cn1)NC(=O)[C@@H](N)Cc1ccc(O)cc1)[C@@H](C)O)C(=O)N[C@H](C(=O)O)C(C)C. The number of carbonyl (C=O) groups is 8. The van der Waals surface area contributed by atoms with E-state index in [4.69, 9.17) is 11.5 Å². The van der Waals surface area contributed by atoms with Gasteiger partial charge in [0, 0.05) is 19.0 Å². The number of aromatic nitrogens is 2. The molecule has 2 aromatic rings. The lowest BCUT2D eigenvalue weighted by Crippen LogP contribution is -2.62. The predicted molar refractivity (Wildman–Crippen MR) is 227 cm³/mol. The number of carboxylic acids is 2. The van der Waals surface area contributed by atoms with E-state index in [1.165, 1.54) is 31.6 Å². The van der Waals surface area contributed by atoms with Gasteiger partial charge in [0.05, 0.1) is 24.2 Å². The van der Waals surface area contributed by atoms with Crippen LogP contribution in [0.15, 0.2) is 36.8 Å². The topological polar surface area (TPSA) is 370 Å². The minimum atomic E-state index is -1.76. The number of rotatable bonds is 28. The molecule has 6 amide bonds. The molecule has 15 N–H and O–H groups in total. The number of imidazole rings is 1. The molecule has 0 radical (unpaired) electrons. The van der Waals surface area contributed by atoms with E-state index in [1.54, 1.807) is 39.8 Å². The van der Waals surface area contributed by atoms with Crippen molar-refractivity contribution in [3.63, 3.8) is 0 Å². The molecule has 350 valence electrons. The van der Waals surface area contributed by atoms with E-state index in [1.807, 2.05) is 0 Å². The van der Waals surface area contributed by atoms with Gasteiger partial charge in [-0.2, -0.15) is 0 Å². The summed E-state index contributed by atoms with van der Waals surface area (Å²) in [5, 5.41) is 54.3. The average molecular weight is 889 g/mol. The first-order valence-corrected chi connectivity index (χ1v) is 20.8. The molecule has 2 rings (SSSR count). The number of nitrogens with zero attached hydrogens (tertiary/aromatic N) is 1. The number of carbonyl (C=O) groups excluding carboxylic acids is 6. The summed E-state index contributed by atoms with van der Waals surface area (Å²) in [4.78, 5) is 112. The van der Waals surface area contributed by atoms with Crippen LogP contribution in [0.2, 0.25) is 0 Å². The first-order valence-electron chi connectivity index (χ1n) is 20.8. The lowest BCUT2D eigenvalue weighted by molar-refractivity contribution is -0.143. The number of aromatic hydroxyl groups is 1. The van der Waals surface area contributed by atoms with Crippen LogP contribution in [0.4, 0.5) is 0 Å². The summed E-state index contributed by atoms with van der Waals surface area (Å²) >= 11 is 0. The van der Waals surface area contributed by atoms with Crippen molar-refractivity contribution in [2.75, 3.05) is 6.54 Å². The van der Waals surface area contributed by atoms with Crippen LogP contribution in [-0.2, 0) is 51.2 Å². The van der Waals surface area contributed by atoms with E-state index in [2.05, 4.69) is 41.9 Å². The first kappa shape index (κ1) is 53.0. The second-order valence-electron chi connectivity index (χ2n) is 16.1. The Balaban J connectivity index is 2.34. The molecule has 0 bridgehead atoms. The zero-order valence-corrected chi connectivity index (χ0v) is 36.3. The third-order valence-corrected chi connectivity index (χ3v) is 9.82. The number of benzene rings is 1. The van der Waals surface area contributed by atoms with Gasteiger partial charge in [0.25, 0.3) is 0 Å². The normalized spacial score (nSPS) is 15.1. The fraction of sp³-hybridized carbons (Fsp3) is 0.585. The number of amides is 6. The van der Waals surface area contributed by atoms with Gasteiger partial charge in [0.15, 0.2) is 0 Å². The van der Waals surface area contributed by atoms with Crippen LogP contribution in [0.5, 0.6) is 5.75 Å². The Morgan fingerprint density at radius 2 is 1.22 bits per heavy atom. The van der Waals surface area contributed by atoms with Crippen molar-refractivity contribution in [3.8, 4) is 5.75 Å². The molecule has 1 aromatic heterocycles. The van der Waals surface area contributed by atoms with E-state index in [0.717, 1.165) is 0 Å². The molecule has 63 heavy (non-hydrogen) atoms. The predicted octanol–water partition coefficient (Wildman–Crippen LogP) is -1.70. The smallest absolute Gasteiger partial charge is 0.326 e. The molecule has 22 nitrogen and oxygen atoms in total. The number of hydrogen-bond donors (Lipinski definition) is 13. The number of phenols is 1. The molecule has 1 heterocycles. The van der Waals surface area contributed by atoms with Crippen molar-refractivity contribution in [3.05, 3.63) is 48.0 Å². The Morgan fingerprint density at radius 3 is 1.75 bits per heavy atom. The van der Waals surface area contributed by atoms with Crippen LogP contribution in [0.3, 0.4) is 0 Å². The highest BCUT2D eigenvalue weighted by Crippen LogP contribution is 2.13. The summed E-state index contributed by atoms with van der Waals surface area (Å²) < 4.78 is 0. The quantitative estimate of drug-likeness (QED) is 0.0424. The van der Waals surface area contributed by atoms with Gasteiger partial charge in [0.2, 0.25) is 35.4 Å². The molecule has 22 heteroatoms. The monoisotopic (exact) mass is 888 g/mol. The highest BCUT2D eigenvalue weighted by Gasteiger charge is 2.36. The summed E-state index contributed by atoms with van der Waals surface area (Å²) in [7, 11) is 0. The van der Waals surface area contributed by atoms with Crippen LogP contribution in [-0.4, -0.2) is 133 Å². The molecular weight excluding hydrogens is 825 g/mol. The Kier molecular flexibility index (Phi) is 22.2. The second-order valence-corrected chi connectivity index (χ2v) is 16.1. The van der Waals surface area contributed by atoms with Gasteiger partial charge in [-0.3, -0.25) is 33.6 Å². The largest absolute Gasteiger partial charge is 0.508 e. The standard InChI is InChI=1S/C41H64N10O12/c1-21(2)16-30(38(59)50-33(22(3)4)41(62)63)49-36(57)28(8-6-7-15-42)46-37(58)29(13-14-32(54)55)47-40(61)34(23(5)52)51-39(60)31(18-25-19-44-20-45-25)48-35(56)27(43)17-24-9-11-26(53)12-10-24/h9-12,19-23,27-31,33-34,52-53H,6-8,13-18,42-43H2,1-5H3,(H,44,45)(H,46,58)(H,47,61)(H,48,56)(H,49,57)(H,50,59)(H,51,60)(H,54,55)(H,62,63)/t23-,27+,28+,29+,30+,31+,33+,34+/m1/s1. The maximum atomic E-state index is 13.9. The Morgan fingerprint density at radius 1 is 0.683 bits per heavy atom. The van der Waals surface area contributed by atoms with E-state index in [-0.39, 0.29) is 43.9 Å². The number of phenolic OH excluding ortho intramolecular Hbond substituents is 1. The molecular formula is C41H64N10O12. The van der Waals surface area contributed by atoms with Crippen molar-refractivity contribution in [2.24, 2.45) is 23.3 Å². The van der Waals surface area contributed by atoms with Gasteiger partial charge >= 0.3 is 11.9 Å². The summed E-state index contributed by atoms with van der Waals surface area (Å²) in [6.07, 6.45) is 0.800. The molecule has 0 saturated carbocycles. The number of aliphatic hydroxyl groups excluding tert-OH is 1. The van der Waals surface area contributed by atoms with Gasteiger partial charge in [-0.25, -0.2) is 9.78 Å². The van der Waals surface area contributed by atoms with Gasteiger partial charge < -0.3 is 68.8 Å². The molecule has 0 saturated heterocycles. The van der Waals surface area contributed by atoms with E-state index >= 15 is 0 Å². The Labute approximate surface area is 365 Å². The number of carboxylic acid groups (broad SMARTS) is 2. The van der Waals surface area contributed by atoms with Crippen molar-refractivity contribution < 1.29 is 58.8 Å². The zero-order chi connectivity index (χ0) is 47.4. The number of nitrogens with one attached hydrogen (secondary N) is 7. The summed E-state index contributed by atoms with van der Waals surface area (Å²) in [6.45, 7) is 8.20. The minimum absolute atomic E-state index is 0.00218. The molecule has 0 aliphatic carbocycles. The van der Waals surface area contributed by atoms with Crippen LogP contribution in [0.25, 0.3) is 0 Å². The van der Waals surface area contributed by atoms with Crippen LogP contribution in [0.1, 0.15) is 84.4 Å². The van der Waals surface area contributed by atoms with Crippen LogP contribution < -0.4 is 43.4 Å². The fourth-order valence-corrected chi connectivity index (χ4v) is 6.31. The lowest BCUT2D eigenvalue weighted by Gasteiger charge is -2.28. The number of aliphatic hydroxyl groups is 1. The number of unbranched alkanes of at least 4 members (excludes halogenated alkanes) is 1. The Hall–Kier alpha value is -6.13. The van der Waals surface area contributed by atoms with E-state index < -0.39 is 115 Å². The van der Waals surface area contributed by atoms with Crippen molar-refractivity contribution >= 4 is 47.4 Å². The maximum Gasteiger partial charge on any atom is 0.326 e. The molecule has 0 aliphatic heterocycles. The average Bonchev–Trinajstić information content (AvgIpc) is 3.72. The number of nitrogens with two attached hydrogens (primary N) is 2. The molecule has 1 aromatic carbocycles.